The summed E-state index contributed by atoms with van der Waals surface area (Å²) in [5.74, 6) is -1.08. The van der Waals surface area contributed by atoms with Gasteiger partial charge in [-0.1, -0.05) is 0 Å². The fourth-order valence-electron chi connectivity index (χ4n) is 3.31. The summed E-state index contributed by atoms with van der Waals surface area (Å²) in [6, 6.07) is 1.68. The number of anilines is 2. The monoisotopic (exact) mass is 435 g/mol. The van der Waals surface area contributed by atoms with Crippen LogP contribution in [0.5, 0.6) is 0 Å². The topological polar surface area (TPSA) is 117 Å². The second kappa shape index (κ2) is 9.02. The van der Waals surface area contributed by atoms with Gasteiger partial charge in [0.2, 0.25) is 11.8 Å². The van der Waals surface area contributed by atoms with Crippen molar-refractivity contribution < 1.29 is 14.4 Å². The highest BCUT2D eigenvalue weighted by atomic mass is 32.1. The molecular formula is C19H25N5O3S2. The number of aryl methyl sites for hydroxylation is 3. The number of carbonyl (C=O) groups is 3. The van der Waals surface area contributed by atoms with Crippen molar-refractivity contribution in [3.63, 3.8) is 0 Å². The van der Waals surface area contributed by atoms with Gasteiger partial charge in [-0.05, 0) is 46.2 Å². The quantitative estimate of drug-likeness (QED) is 0.644. The Hall–Kier alpha value is -2.30. The molecule has 3 heterocycles. The molecule has 1 saturated heterocycles. The van der Waals surface area contributed by atoms with E-state index in [-0.39, 0.29) is 24.3 Å². The molecule has 8 nitrogen and oxygen atoms in total. The van der Waals surface area contributed by atoms with Crippen molar-refractivity contribution in [2.45, 2.75) is 33.6 Å². The molecule has 0 aliphatic carbocycles. The summed E-state index contributed by atoms with van der Waals surface area (Å²) >= 11 is 2.79. The standard InChI is InChI=1S/C19H25N5O3S2/c1-10-7-14(16(20)26)18(28-10)23-17(27)13-5-4-6-24(8-13)9-15(25)22-19-21-11(2)12(3)29-19/h7,13H,4-6,8-9H2,1-3H3,(H2,20,26)(H,23,27)(H,21,22,25). The molecule has 10 heteroatoms. The third-order valence-electron chi connectivity index (χ3n) is 4.88. The Morgan fingerprint density at radius 1 is 1.24 bits per heavy atom. The van der Waals surface area contributed by atoms with Crippen LogP contribution in [0.2, 0.25) is 0 Å². The summed E-state index contributed by atoms with van der Waals surface area (Å²) in [5.41, 5.74) is 6.64. The summed E-state index contributed by atoms with van der Waals surface area (Å²) in [5, 5.41) is 6.77. The van der Waals surface area contributed by atoms with Crippen LogP contribution < -0.4 is 16.4 Å². The van der Waals surface area contributed by atoms with Crippen molar-refractivity contribution in [2.75, 3.05) is 30.3 Å². The third kappa shape index (κ3) is 5.40. The maximum absolute atomic E-state index is 12.7. The molecule has 0 radical (unpaired) electrons. The van der Waals surface area contributed by atoms with E-state index in [2.05, 4.69) is 15.6 Å². The number of primary amides is 1. The summed E-state index contributed by atoms with van der Waals surface area (Å²) in [6.45, 7) is 7.21. The minimum absolute atomic E-state index is 0.135. The van der Waals surface area contributed by atoms with Crippen molar-refractivity contribution in [3.05, 3.63) is 27.1 Å². The fourth-order valence-corrected chi connectivity index (χ4v) is 5.06. The van der Waals surface area contributed by atoms with Crippen molar-refractivity contribution in [3.8, 4) is 0 Å². The number of hydrogen-bond donors (Lipinski definition) is 3. The van der Waals surface area contributed by atoms with Gasteiger partial charge in [0.05, 0.1) is 23.7 Å². The van der Waals surface area contributed by atoms with Gasteiger partial charge >= 0.3 is 0 Å². The van der Waals surface area contributed by atoms with Gasteiger partial charge in [0.25, 0.3) is 5.91 Å². The predicted octanol–water partition coefficient (Wildman–Crippen LogP) is 2.52. The lowest BCUT2D eigenvalue weighted by atomic mass is 9.97. The summed E-state index contributed by atoms with van der Waals surface area (Å²) < 4.78 is 0. The number of aromatic nitrogens is 1. The minimum Gasteiger partial charge on any atom is -0.366 e. The van der Waals surface area contributed by atoms with Gasteiger partial charge in [0, 0.05) is 16.3 Å². The lowest BCUT2D eigenvalue weighted by Crippen LogP contribution is -2.44. The lowest BCUT2D eigenvalue weighted by molar-refractivity contribution is -0.123. The van der Waals surface area contributed by atoms with Gasteiger partial charge < -0.3 is 16.4 Å². The number of thiophene rings is 1. The largest absolute Gasteiger partial charge is 0.366 e. The zero-order valence-corrected chi connectivity index (χ0v) is 18.3. The molecule has 0 saturated carbocycles. The van der Waals surface area contributed by atoms with Crippen molar-refractivity contribution in [1.82, 2.24) is 9.88 Å². The maximum atomic E-state index is 12.7. The van der Waals surface area contributed by atoms with E-state index in [1.54, 1.807) is 6.07 Å². The highest BCUT2D eigenvalue weighted by Gasteiger charge is 2.28. The average molecular weight is 436 g/mol. The third-order valence-corrected chi connectivity index (χ3v) is 6.83. The van der Waals surface area contributed by atoms with E-state index in [1.165, 1.54) is 22.7 Å². The smallest absolute Gasteiger partial charge is 0.251 e. The Morgan fingerprint density at radius 3 is 2.66 bits per heavy atom. The zero-order valence-electron chi connectivity index (χ0n) is 16.7. The van der Waals surface area contributed by atoms with Crippen molar-refractivity contribution in [2.24, 2.45) is 11.7 Å². The first-order valence-corrected chi connectivity index (χ1v) is 11.0. The van der Waals surface area contributed by atoms with Gasteiger partial charge in [-0.15, -0.1) is 22.7 Å². The molecule has 4 N–H and O–H groups in total. The van der Waals surface area contributed by atoms with Crippen LogP contribution in [0, 0.1) is 26.7 Å². The van der Waals surface area contributed by atoms with Crippen LogP contribution in [0.4, 0.5) is 10.1 Å². The minimum atomic E-state index is -0.556. The summed E-state index contributed by atoms with van der Waals surface area (Å²) in [6.07, 6.45) is 1.57. The number of rotatable bonds is 6. The van der Waals surface area contributed by atoms with Gasteiger partial charge in [0.15, 0.2) is 5.13 Å². The van der Waals surface area contributed by atoms with Crippen LogP contribution in [0.3, 0.4) is 0 Å². The zero-order chi connectivity index (χ0) is 21.1. The van der Waals surface area contributed by atoms with Crippen LogP contribution >= 0.6 is 22.7 Å². The molecule has 0 spiro atoms. The Kier molecular flexibility index (Phi) is 6.66. The van der Waals surface area contributed by atoms with Crippen molar-refractivity contribution in [1.29, 1.82) is 0 Å². The highest BCUT2D eigenvalue weighted by Crippen LogP contribution is 2.28. The van der Waals surface area contributed by atoms with Crippen LogP contribution in [0.15, 0.2) is 6.07 Å². The number of thiazole rings is 1. The second-order valence-electron chi connectivity index (χ2n) is 7.24. The van der Waals surface area contributed by atoms with E-state index in [0.29, 0.717) is 22.2 Å². The number of nitrogens with two attached hydrogens (primary N) is 1. The Morgan fingerprint density at radius 2 is 2.00 bits per heavy atom. The predicted molar refractivity (Wildman–Crippen MR) is 116 cm³/mol. The lowest BCUT2D eigenvalue weighted by Gasteiger charge is -2.31. The van der Waals surface area contributed by atoms with Gasteiger partial charge in [-0.25, -0.2) is 4.98 Å². The SMILES string of the molecule is Cc1cc(C(N)=O)c(NC(=O)C2CCCN(CC(=O)Nc3nc(C)c(C)s3)C2)s1. The molecule has 2 aromatic heterocycles. The molecule has 156 valence electrons. The second-order valence-corrected chi connectivity index (χ2v) is 9.70. The van der Waals surface area contributed by atoms with Crippen LogP contribution in [0.25, 0.3) is 0 Å². The normalized spacial score (nSPS) is 17.1. The molecule has 3 rings (SSSR count). The Balaban J connectivity index is 1.56. The first-order valence-electron chi connectivity index (χ1n) is 9.40. The van der Waals surface area contributed by atoms with Crippen LogP contribution in [-0.4, -0.2) is 47.2 Å². The molecule has 1 aliphatic heterocycles. The van der Waals surface area contributed by atoms with E-state index < -0.39 is 5.91 Å². The molecule has 1 aliphatic rings. The highest BCUT2D eigenvalue weighted by molar-refractivity contribution is 7.16. The molecule has 1 atom stereocenters. The van der Waals surface area contributed by atoms with E-state index in [9.17, 15) is 14.4 Å². The molecule has 1 fully saturated rings. The van der Waals surface area contributed by atoms with Crippen LogP contribution in [-0.2, 0) is 9.59 Å². The molecule has 0 bridgehead atoms. The summed E-state index contributed by atoms with van der Waals surface area (Å²) in [7, 11) is 0. The van der Waals surface area contributed by atoms with E-state index >= 15 is 0 Å². The number of likely N-dealkylation sites (tertiary alicyclic amines) is 1. The maximum Gasteiger partial charge on any atom is 0.251 e. The first-order chi connectivity index (χ1) is 13.7. The number of carbonyl (C=O) groups excluding carboxylic acids is 3. The number of hydrogen-bond acceptors (Lipinski definition) is 7. The van der Waals surface area contributed by atoms with E-state index in [0.717, 1.165) is 34.8 Å². The number of amides is 3. The number of nitrogens with zero attached hydrogens (tertiary/aromatic N) is 2. The molecule has 1 unspecified atom stereocenters. The van der Waals surface area contributed by atoms with E-state index in [4.69, 9.17) is 5.73 Å². The molecule has 29 heavy (non-hydrogen) atoms. The average Bonchev–Trinajstić information content (AvgIpc) is 3.16. The number of piperidine rings is 1. The van der Waals surface area contributed by atoms with E-state index in [1.807, 2.05) is 25.7 Å². The molecule has 3 amide bonds. The van der Waals surface area contributed by atoms with Gasteiger partial charge in [-0.3, -0.25) is 19.3 Å². The number of nitrogens with one attached hydrogen (secondary N) is 2. The molecule has 0 aromatic carbocycles. The van der Waals surface area contributed by atoms with Crippen LogP contribution in [0.1, 0.15) is 38.6 Å². The van der Waals surface area contributed by atoms with Gasteiger partial charge in [-0.2, -0.15) is 0 Å². The molecule has 2 aromatic rings. The Labute approximate surface area is 177 Å². The Bertz CT molecular complexity index is 917. The fraction of sp³-hybridized carbons (Fsp3) is 0.474. The first kappa shape index (κ1) is 21.4. The molecular weight excluding hydrogens is 410 g/mol. The summed E-state index contributed by atoms with van der Waals surface area (Å²) in [4.78, 5) is 44.9. The van der Waals surface area contributed by atoms with Crippen molar-refractivity contribution >= 4 is 50.5 Å². The van der Waals surface area contributed by atoms with Gasteiger partial charge in [0.1, 0.15) is 5.00 Å².